The van der Waals surface area contributed by atoms with Crippen molar-refractivity contribution in [3.05, 3.63) is 42.0 Å². The van der Waals surface area contributed by atoms with E-state index < -0.39 is 0 Å². The highest BCUT2D eigenvalue weighted by Gasteiger charge is 2.24. The zero-order valence-electron chi connectivity index (χ0n) is 9.01. The standard InChI is InChI=1S/C13H10N2O2/c14-9-1-2-10-3-5-11(6-4-10)15-12(16)7-8-13(15)17/h3-8H,9,14H2. The van der Waals surface area contributed by atoms with Crippen LogP contribution in [-0.4, -0.2) is 18.4 Å². The van der Waals surface area contributed by atoms with E-state index in [-0.39, 0.29) is 11.8 Å². The second-order valence-electron chi connectivity index (χ2n) is 3.40. The van der Waals surface area contributed by atoms with E-state index in [2.05, 4.69) is 11.8 Å². The fourth-order valence-electron chi connectivity index (χ4n) is 1.50. The number of nitrogens with zero attached hydrogens (tertiary/aromatic N) is 1. The lowest BCUT2D eigenvalue weighted by Gasteiger charge is -2.13. The minimum Gasteiger partial charge on any atom is -0.320 e. The van der Waals surface area contributed by atoms with Crippen LogP contribution in [0.5, 0.6) is 0 Å². The molecule has 0 saturated heterocycles. The molecular formula is C13H10N2O2. The van der Waals surface area contributed by atoms with Gasteiger partial charge in [-0.25, -0.2) is 4.90 Å². The minimum atomic E-state index is -0.323. The van der Waals surface area contributed by atoms with E-state index in [0.717, 1.165) is 10.5 Å². The Morgan fingerprint density at radius 2 is 1.65 bits per heavy atom. The van der Waals surface area contributed by atoms with Crippen molar-refractivity contribution < 1.29 is 9.59 Å². The predicted molar refractivity (Wildman–Crippen MR) is 64.0 cm³/mol. The van der Waals surface area contributed by atoms with Crippen molar-refractivity contribution in [2.24, 2.45) is 5.73 Å². The number of carbonyl (C=O) groups excluding carboxylic acids is 2. The predicted octanol–water partition coefficient (Wildman–Crippen LogP) is 0.426. The SMILES string of the molecule is NCC#Cc1ccc(N2C(=O)C=CC2=O)cc1. The number of benzene rings is 1. The highest BCUT2D eigenvalue weighted by atomic mass is 16.2. The van der Waals surface area contributed by atoms with Crippen LogP contribution >= 0.6 is 0 Å². The molecule has 0 fully saturated rings. The van der Waals surface area contributed by atoms with E-state index in [9.17, 15) is 9.59 Å². The summed E-state index contributed by atoms with van der Waals surface area (Å²) in [6.45, 7) is 0.300. The minimum absolute atomic E-state index is 0.300. The topological polar surface area (TPSA) is 63.4 Å². The molecule has 0 spiro atoms. The van der Waals surface area contributed by atoms with Gasteiger partial charge in [-0.15, -0.1) is 0 Å². The van der Waals surface area contributed by atoms with Gasteiger partial charge in [0.25, 0.3) is 11.8 Å². The molecule has 2 rings (SSSR count). The Bertz CT molecular complexity index is 529. The Hall–Kier alpha value is -2.38. The van der Waals surface area contributed by atoms with E-state index in [1.54, 1.807) is 24.3 Å². The summed E-state index contributed by atoms with van der Waals surface area (Å²) in [7, 11) is 0. The average molecular weight is 226 g/mol. The Labute approximate surface area is 98.7 Å². The summed E-state index contributed by atoms with van der Waals surface area (Å²) >= 11 is 0. The zero-order chi connectivity index (χ0) is 12.3. The van der Waals surface area contributed by atoms with Crippen LogP contribution in [0.3, 0.4) is 0 Å². The zero-order valence-corrected chi connectivity index (χ0v) is 9.01. The number of anilines is 1. The summed E-state index contributed by atoms with van der Waals surface area (Å²) in [5, 5.41) is 0. The molecule has 4 nitrogen and oxygen atoms in total. The van der Waals surface area contributed by atoms with Gasteiger partial charge in [0.1, 0.15) is 0 Å². The second kappa shape index (κ2) is 4.64. The van der Waals surface area contributed by atoms with Gasteiger partial charge >= 0.3 is 0 Å². The van der Waals surface area contributed by atoms with Gasteiger partial charge < -0.3 is 5.73 Å². The van der Waals surface area contributed by atoms with Crippen LogP contribution in [0.15, 0.2) is 36.4 Å². The summed E-state index contributed by atoms with van der Waals surface area (Å²) < 4.78 is 0. The first-order chi connectivity index (χ1) is 8.22. The van der Waals surface area contributed by atoms with Crippen molar-refractivity contribution in [2.75, 3.05) is 11.4 Å². The van der Waals surface area contributed by atoms with Gasteiger partial charge in [-0.2, -0.15) is 0 Å². The lowest BCUT2D eigenvalue weighted by atomic mass is 10.2. The number of nitrogens with two attached hydrogens (primary N) is 1. The maximum atomic E-state index is 11.4. The second-order valence-corrected chi connectivity index (χ2v) is 3.40. The fraction of sp³-hybridized carbons (Fsp3) is 0.0769. The molecule has 0 saturated carbocycles. The number of imide groups is 1. The Morgan fingerprint density at radius 1 is 1.06 bits per heavy atom. The molecular weight excluding hydrogens is 216 g/mol. The van der Waals surface area contributed by atoms with E-state index >= 15 is 0 Å². The maximum absolute atomic E-state index is 11.4. The highest BCUT2D eigenvalue weighted by molar-refractivity contribution is 6.28. The maximum Gasteiger partial charge on any atom is 0.258 e. The van der Waals surface area contributed by atoms with Crippen LogP contribution in [0.25, 0.3) is 0 Å². The Morgan fingerprint density at radius 3 is 2.18 bits per heavy atom. The molecule has 2 N–H and O–H groups in total. The van der Waals surface area contributed by atoms with Gasteiger partial charge in [0.05, 0.1) is 12.2 Å². The van der Waals surface area contributed by atoms with Gasteiger partial charge in [0.2, 0.25) is 0 Å². The lowest BCUT2D eigenvalue weighted by molar-refractivity contribution is -0.119. The number of hydrogen-bond donors (Lipinski definition) is 1. The molecule has 17 heavy (non-hydrogen) atoms. The molecule has 1 heterocycles. The van der Waals surface area contributed by atoms with Crippen LogP contribution in [0.2, 0.25) is 0 Å². The van der Waals surface area contributed by atoms with Crippen molar-refractivity contribution in [3.8, 4) is 11.8 Å². The molecule has 0 aromatic heterocycles. The monoisotopic (exact) mass is 226 g/mol. The van der Waals surface area contributed by atoms with Crippen LogP contribution in [0.1, 0.15) is 5.56 Å². The molecule has 1 aromatic carbocycles. The molecule has 84 valence electrons. The molecule has 0 unspecified atom stereocenters. The molecule has 0 bridgehead atoms. The first kappa shape index (κ1) is 11.1. The smallest absolute Gasteiger partial charge is 0.258 e. The molecule has 1 aliphatic heterocycles. The lowest BCUT2D eigenvalue weighted by Crippen LogP contribution is -2.29. The van der Waals surface area contributed by atoms with Crippen LogP contribution in [0.4, 0.5) is 5.69 Å². The average Bonchev–Trinajstić information content (AvgIpc) is 2.67. The molecule has 0 aliphatic carbocycles. The summed E-state index contributed by atoms with van der Waals surface area (Å²) in [6.07, 6.45) is 2.51. The molecule has 0 atom stereocenters. The largest absolute Gasteiger partial charge is 0.320 e. The summed E-state index contributed by atoms with van der Waals surface area (Å²) in [5.41, 5.74) is 6.60. The third-order valence-corrected chi connectivity index (χ3v) is 2.27. The van der Waals surface area contributed by atoms with Crippen molar-refractivity contribution in [1.29, 1.82) is 0 Å². The van der Waals surface area contributed by atoms with Gasteiger partial charge in [0, 0.05) is 17.7 Å². The highest BCUT2D eigenvalue weighted by Crippen LogP contribution is 2.18. The van der Waals surface area contributed by atoms with Gasteiger partial charge in [-0.05, 0) is 24.3 Å². The van der Waals surface area contributed by atoms with Gasteiger partial charge in [0.15, 0.2) is 0 Å². The summed E-state index contributed by atoms with van der Waals surface area (Å²) in [6, 6.07) is 6.86. The van der Waals surface area contributed by atoms with E-state index in [0.29, 0.717) is 12.2 Å². The summed E-state index contributed by atoms with van der Waals surface area (Å²) in [4.78, 5) is 23.9. The molecule has 4 heteroatoms. The van der Waals surface area contributed by atoms with Crippen LogP contribution in [0, 0.1) is 11.8 Å². The molecule has 1 aromatic rings. The first-order valence-corrected chi connectivity index (χ1v) is 5.07. The number of rotatable bonds is 1. The van der Waals surface area contributed by atoms with Crippen molar-refractivity contribution in [3.63, 3.8) is 0 Å². The Kier molecular flexibility index (Phi) is 3.03. The summed E-state index contributed by atoms with van der Waals surface area (Å²) in [5.74, 6) is 4.95. The molecule has 2 amide bonds. The van der Waals surface area contributed by atoms with Crippen molar-refractivity contribution in [1.82, 2.24) is 0 Å². The molecule has 0 radical (unpaired) electrons. The Balaban J connectivity index is 2.24. The third-order valence-electron chi connectivity index (χ3n) is 2.27. The van der Waals surface area contributed by atoms with Gasteiger partial charge in [-0.3, -0.25) is 9.59 Å². The number of carbonyl (C=O) groups is 2. The first-order valence-electron chi connectivity index (χ1n) is 5.07. The van der Waals surface area contributed by atoms with E-state index in [1.165, 1.54) is 12.2 Å². The third kappa shape index (κ3) is 2.25. The number of amides is 2. The van der Waals surface area contributed by atoms with Crippen molar-refractivity contribution in [2.45, 2.75) is 0 Å². The molecule has 1 aliphatic rings. The van der Waals surface area contributed by atoms with Crippen LogP contribution in [-0.2, 0) is 9.59 Å². The van der Waals surface area contributed by atoms with E-state index in [1.807, 2.05) is 0 Å². The number of hydrogen-bond acceptors (Lipinski definition) is 3. The quantitative estimate of drug-likeness (QED) is 0.557. The van der Waals surface area contributed by atoms with Gasteiger partial charge in [-0.1, -0.05) is 11.8 Å². The van der Waals surface area contributed by atoms with Crippen LogP contribution < -0.4 is 10.6 Å². The normalized spacial score (nSPS) is 13.8. The fourth-order valence-corrected chi connectivity index (χ4v) is 1.50. The van der Waals surface area contributed by atoms with E-state index in [4.69, 9.17) is 5.73 Å². The van der Waals surface area contributed by atoms with Crippen molar-refractivity contribution >= 4 is 17.5 Å².